The molecule has 116 valence electrons. The van der Waals surface area contributed by atoms with Crippen LogP contribution in [0.3, 0.4) is 0 Å². The Hall–Kier alpha value is -0.660. The number of aryl methyl sites for hydroxylation is 2. The maximum absolute atomic E-state index is 5.91. The van der Waals surface area contributed by atoms with Crippen molar-refractivity contribution in [1.29, 1.82) is 0 Å². The first kappa shape index (κ1) is 16.7. The fourth-order valence-corrected chi connectivity index (χ4v) is 3.39. The fraction of sp³-hybridized carbons (Fsp3) is 0.538. The molecule has 3 rings (SSSR count). The molecule has 0 aliphatic carbocycles. The van der Waals surface area contributed by atoms with Crippen molar-refractivity contribution in [2.45, 2.75) is 18.9 Å². The summed E-state index contributed by atoms with van der Waals surface area (Å²) in [7, 11) is 2.09. The SMILES string of the molecule is CN1CCNCC1c1noc(CCc2cc(Cl)cs2)n1.Cl. The molecule has 8 heteroatoms. The van der Waals surface area contributed by atoms with Crippen molar-refractivity contribution in [3.05, 3.63) is 33.1 Å². The van der Waals surface area contributed by atoms with Crippen LogP contribution in [0.1, 0.15) is 22.6 Å². The highest BCUT2D eigenvalue weighted by molar-refractivity contribution is 7.10. The summed E-state index contributed by atoms with van der Waals surface area (Å²) < 4.78 is 5.35. The molecule has 1 aliphatic heterocycles. The molecular formula is C13H18Cl2N4OS. The van der Waals surface area contributed by atoms with Crippen molar-refractivity contribution in [2.75, 3.05) is 26.7 Å². The van der Waals surface area contributed by atoms with Crippen LogP contribution in [0.2, 0.25) is 5.02 Å². The third-order valence-corrected chi connectivity index (χ3v) is 4.84. The molecule has 21 heavy (non-hydrogen) atoms. The number of aromatic nitrogens is 2. The summed E-state index contributed by atoms with van der Waals surface area (Å²) in [6.45, 7) is 2.88. The minimum absolute atomic E-state index is 0. The van der Waals surface area contributed by atoms with Crippen LogP contribution in [-0.4, -0.2) is 41.7 Å². The van der Waals surface area contributed by atoms with Crippen molar-refractivity contribution < 1.29 is 4.52 Å². The first-order chi connectivity index (χ1) is 9.72. The summed E-state index contributed by atoms with van der Waals surface area (Å²) in [6, 6.07) is 2.19. The fourth-order valence-electron chi connectivity index (χ4n) is 2.31. The van der Waals surface area contributed by atoms with Crippen LogP contribution in [0, 0.1) is 0 Å². The smallest absolute Gasteiger partial charge is 0.227 e. The van der Waals surface area contributed by atoms with E-state index < -0.39 is 0 Å². The van der Waals surface area contributed by atoms with Crippen molar-refractivity contribution in [3.8, 4) is 0 Å². The lowest BCUT2D eigenvalue weighted by Gasteiger charge is -2.30. The minimum Gasteiger partial charge on any atom is -0.339 e. The molecule has 2 aromatic heterocycles. The summed E-state index contributed by atoms with van der Waals surface area (Å²) in [5, 5.41) is 10.2. The predicted octanol–water partition coefficient (Wildman–Crippen LogP) is 2.57. The zero-order valence-corrected chi connectivity index (χ0v) is 14.1. The molecule has 0 saturated carbocycles. The molecule has 1 N–H and O–H groups in total. The van der Waals surface area contributed by atoms with Gasteiger partial charge in [0.25, 0.3) is 0 Å². The van der Waals surface area contributed by atoms with Crippen LogP contribution in [0.15, 0.2) is 16.0 Å². The average molecular weight is 349 g/mol. The third kappa shape index (κ3) is 4.17. The third-order valence-electron chi connectivity index (χ3n) is 3.50. The predicted molar refractivity (Wildman–Crippen MR) is 86.5 cm³/mol. The van der Waals surface area contributed by atoms with Gasteiger partial charge < -0.3 is 9.84 Å². The summed E-state index contributed by atoms with van der Waals surface area (Å²) in [5.41, 5.74) is 0. The molecule has 0 bridgehead atoms. The lowest BCUT2D eigenvalue weighted by Crippen LogP contribution is -2.44. The van der Waals surface area contributed by atoms with E-state index in [9.17, 15) is 0 Å². The molecule has 3 heterocycles. The zero-order chi connectivity index (χ0) is 13.9. The van der Waals surface area contributed by atoms with E-state index in [2.05, 4.69) is 27.4 Å². The standard InChI is InChI=1S/C13H17ClN4OS.ClH/c1-18-5-4-15-7-11(18)13-16-12(19-17-13)3-2-10-6-9(14)8-20-10;/h6,8,11,15H,2-5,7H2,1H3;1H. The first-order valence-electron chi connectivity index (χ1n) is 6.69. The Morgan fingerprint density at radius 3 is 3.10 bits per heavy atom. The highest BCUT2D eigenvalue weighted by atomic mass is 35.5. The number of likely N-dealkylation sites (N-methyl/N-ethyl adjacent to an activating group) is 1. The quantitative estimate of drug-likeness (QED) is 0.920. The number of rotatable bonds is 4. The van der Waals surface area contributed by atoms with E-state index in [4.69, 9.17) is 16.1 Å². The Morgan fingerprint density at radius 2 is 2.38 bits per heavy atom. The van der Waals surface area contributed by atoms with Crippen LogP contribution in [0.5, 0.6) is 0 Å². The average Bonchev–Trinajstić information content (AvgIpc) is 3.06. The molecule has 0 aromatic carbocycles. The van der Waals surface area contributed by atoms with Gasteiger partial charge >= 0.3 is 0 Å². The highest BCUT2D eigenvalue weighted by Crippen LogP contribution is 2.21. The van der Waals surface area contributed by atoms with Gasteiger partial charge in [0.2, 0.25) is 5.89 Å². The van der Waals surface area contributed by atoms with Gasteiger partial charge in [-0.2, -0.15) is 4.98 Å². The largest absolute Gasteiger partial charge is 0.339 e. The van der Waals surface area contributed by atoms with E-state index in [1.54, 1.807) is 11.3 Å². The molecule has 1 unspecified atom stereocenters. The van der Waals surface area contributed by atoms with Crippen LogP contribution < -0.4 is 5.32 Å². The Balaban J connectivity index is 0.00000161. The van der Waals surface area contributed by atoms with Gasteiger partial charge in [0.1, 0.15) is 0 Å². The normalized spacial score (nSPS) is 19.4. The van der Waals surface area contributed by atoms with Gasteiger partial charge in [-0.05, 0) is 19.5 Å². The van der Waals surface area contributed by atoms with Gasteiger partial charge in [-0.25, -0.2) is 0 Å². The van der Waals surface area contributed by atoms with E-state index in [1.807, 2.05) is 11.4 Å². The molecule has 0 radical (unpaired) electrons. The molecule has 1 saturated heterocycles. The molecule has 0 spiro atoms. The van der Waals surface area contributed by atoms with Crippen LogP contribution in [-0.2, 0) is 12.8 Å². The van der Waals surface area contributed by atoms with Gasteiger partial charge in [-0.1, -0.05) is 16.8 Å². The summed E-state index contributed by atoms with van der Waals surface area (Å²) >= 11 is 7.57. The van der Waals surface area contributed by atoms with Crippen molar-refractivity contribution in [1.82, 2.24) is 20.4 Å². The maximum atomic E-state index is 5.91. The monoisotopic (exact) mass is 348 g/mol. The highest BCUT2D eigenvalue weighted by Gasteiger charge is 2.25. The molecule has 1 fully saturated rings. The lowest BCUT2D eigenvalue weighted by atomic mass is 10.2. The topological polar surface area (TPSA) is 54.2 Å². The van der Waals surface area contributed by atoms with E-state index in [0.29, 0.717) is 5.89 Å². The van der Waals surface area contributed by atoms with Crippen molar-refractivity contribution in [3.63, 3.8) is 0 Å². The number of piperazine rings is 1. The minimum atomic E-state index is 0. The summed E-state index contributed by atoms with van der Waals surface area (Å²) in [6.07, 6.45) is 1.64. The van der Waals surface area contributed by atoms with E-state index in [0.717, 1.165) is 43.3 Å². The zero-order valence-electron chi connectivity index (χ0n) is 11.7. The Kier molecular flexibility index (Phi) is 6.01. The van der Waals surface area contributed by atoms with Gasteiger partial charge in [0.05, 0.1) is 11.1 Å². The number of hydrogen-bond acceptors (Lipinski definition) is 6. The summed E-state index contributed by atoms with van der Waals surface area (Å²) in [5.74, 6) is 1.47. The van der Waals surface area contributed by atoms with Crippen LogP contribution in [0.25, 0.3) is 0 Å². The molecule has 5 nitrogen and oxygen atoms in total. The lowest BCUT2D eigenvalue weighted by molar-refractivity contribution is 0.190. The molecule has 1 aliphatic rings. The second-order valence-electron chi connectivity index (χ2n) is 4.98. The molecule has 1 atom stereocenters. The van der Waals surface area contributed by atoms with Crippen LogP contribution in [0.4, 0.5) is 0 Å². The molecular weight excluding hydrogens is 331 g/mol. The van der Waals surface area contributed by atoms with Gasteiger partial charge in [0.15, 0.2) is 5.82 Å². The molecule has 0 amide bonds. The van der Waals surface area contributed by atoms with Crippen molar-refractivity contribution in [2.24, 2.45) is 0 Å². The Morgan fingerprint density at radius 1 is 1.52 bits per heavy atom. The Bertz CT molecular complexity index is 574. The number of nitrogens with one attached hydrogen (secondary N) is 1. The Labute approximate surface area is 139 Å². The van der Waals surface area contributed by atoms with Crippen molar-refractivity contribution >= 4 is 35.3 Å². The number of thiophene rings is 1. The van der Waals surface area contributed by atoms with E-state index >= 15 is 0 Å². The van der Waals surface area contributed by atoms with Gasteiger partial charge in [-0.3, -0.25) is 4.90 Å². The van der Waals surface area contributed by atoms with Crippen LogP contribution >= 0.6 is 35.3 Å². The summed E-state index contributed by atoms with van der Waals surface area (Å²) in [4.78, 5) is 8.01. The van der Waals surface area contributed by atoms with Gasteiger partial charge in [-0.15, -0.1) is 23.7 Å². The maximum Gasteiger partial charge on any atom is 0.227 e. The molecule has 2 aromatic rings. The van der Waals surface area contributed by atoms with Gasteiger partial charge in [0, 0.05) is 36.3 Å². The first-order valence-corrected chi connectivity index (χ1v) is 7.94. The van der Waals surface area contributed by atoms with E-state index in [1.165, 1.54) is 4.88 Å². The second kappa shape index (κ2) is 7.56. The number of nitrogens with zero attached hydrogens (tertiary/aromatic N) is 3. The second-order valence-corrected chi connectivity index (χ2v) is 6.41. The van der Waals surface area contributed by atoms with E-state index in [-0.39, 0.29) is 18.4 Å². The number of halogens is 2. The number of hydrogen-bond donors (Lipinski definition) is 1.